The molecule has 1 aromatic heterocycles. The van der Waals surface area contributed by atoms with Crippen LogP contribution in [0.2, 0.25) is 0 Å². The Morgan fingerprint density at radius 2 is 2.24 bits per heavy atom. The number of likely N-dealkylation sites (N-methyl/N-ethyl adjacent to an activating group) is 1. The van der Waals surface area contributed by atoms with Crippen LogP contribution in [-0.2, 0) is 6.54 Å². The number of nitrogens with one attached hydrogen (secondary N) is 1. The predicted octanol–water partition coefficient (Wildman–Crippen LogP) is 2.58. The average Bonchev–Trinajstić information content (AvgIpc) is 2.70. The van der Waals surface area contributed by atoms with E-state index in [4.69, 9.17) is 4.42 Å². The zero-order valence-corrected chi connectivity index (χ0v) is 11.3. The van der Waals surface area contributed by atoms with Crippen molar-refractivity contribution in [1.29, 1.82) is 0 Å². The van der Waals surface area contributed by atoms with Crippen molar-refractivity contribution in [3.63, 3.8) is 0 Å². The molecule has 0 bridgehead atoms. The van der Waals surface area contributed by atoms with Gasteiger partial charge in [0.25, 0.3) is 6.01 Å². The minimum absolute atomic E-state index is 0.0880. The summed E-state index contributed by atoms with van der Waals surface area (Å²) in [7, 11) is 0. The third-order valence-electron chi connectivity index (χ3n) is 2.34. The molecule has 96 valence electrons. The summed E-state index contributed by atoms with van der Waals surface area (Å²) < 4.78 is 5.46. The molecule has 1 heterocycles. The second-order valence-corrected chi connectivity index (χ2v) is 5.05. The van der Waals surface area contributed by atoms with Crippen LogP contribution in [0.3, 0.4) is 0 Å². The van der Waals surface area contributed by atoms with Gasteiger partial charge in [-0.25, -0.2) is 0 Å². The second-order valence-electron chi connectivity index (χ2n) is 5.05. The average molecular weight is 237 g/mol. The van der Waals surface area contributed by atoms with Gasteiger partial charge in [-0.05, 0) is 27.7 Å². The van der Waals surface area contributed by atoms with E-state index in [1.807, 2.05) is 11.0 Å². The van der Waals surface area contributed by atoms with Gasteiger partial charge in [0.2, 0.25) is 0 Å². The number of aromatic nitrogens is 1. The quantitative estimate of drug-likeness (QED) is 0.772. The van der Waals surface area contributed by atoms with Crippen molar-refractivity contribution in [2.45, 2.75) is 39.8 Å². The maximum atomic E-state index is 5.46. The minimum atomic E-state index is 0.0880. The van der Waals surface area contributed by atoms with Crippen molar-refractivity contribution in [1.82, 2.24) is 10.3 Å². The lowest BCUT2D eigenvalue weighted by Crippen LogP contribution is -2.35. The van der Waals surface area contributed by atoms with Crippen molar-refractivity contribution >= 4 is 6.01 Å². The van der Waals surface area contributed by atoms with Crippen LogP contribution in [-0.4, -0.2) is 23.6 Å². The summed E-state index contributed by atoms with van der Waals surface area (Å²) >= 11 is 0. The monoisotopic (exact) mass is 237 g/mol. The van der Waals surface area contributed by atoms with Gasteiger partial charge in [0, 0.05) is 25.2 Å². The molecule has 4 heteroatoms. The molecule has 0 saturated carbocycles. The highest BCUT2D eigenvalue weighted by Crippen LogP contribution is 2.13. The van der Waals surface area contributed by atoms with Crippen LogP contribution in [0.25, 0.3) is 0 Å². The van der Waals surface area contributed by atoms with E-state index in [1.54, 1.807) is 6.26 Å². The molecule has 17 heavy (non-hydrogen) atoms. The summed E-state index contributed by atoms with van der Waals surface area (Å²) in [4.78, 5) is 6.49. The molecule has 0 aliphatic heterocycles. The van der Waals surface area contributed by atoms with Crippen LogP contribution in [0, 0.1) is 0 Å². The van der Waals surface area contributed by atoms with Crippen LogP contribution in [0.4, 0.5) is 6.01 Å². The zero-order chi connectivity index (χ0) is 12.9. The lowest BCUT2D eigenvalue weighted by atomic mass is 10.1. The van der Waals surface area contributed by atoms with Gasteiger partial charge < -0.3 is 14.6 Å². The number of hydrogen-bond acceptors (Lipinski definition) is 4. The topological polar surface area (TPSA) is 41.3 Å². The summed E-state index contributed by atoms with van der Waals surface area (Å²) in [5.41, 5.74) is 1.02. The first-order valence-electron chi connectivity index (χ1n) is 6.01. The highest BCUT2D eigenvalue weighted by Gasteiger charge is 2.13. The predicted molar refractivity (Wildman–Crippen MR) is 71.2 cm³/mol. The van der Waals surface area contributed by atoms with Crippen LogP contribution in [0.15, 0.2) is 23.3 Å². The maximum absolute atomic E-state index is 5.46. The zero-order valence-electron chi connectivity index (χ0n) is 11.3. The molecule has 1 aromatic rings. The molecule has 0 saturated heterocycles. The van der Waals surface area contributed by atoms with E-state index in [0.29, 0.717) is 6.01 Å². The minimum Gasteiger partial charge on any atom is -0.432 e. The molecule has 0 atom stereocenters. The van der Waals surface area contributed by atoms with Crippen molar-refractivity contribution < 1.29 is 4.42 Å². The van der Waals surface area contributed by atoms with Gasteiger partial charge in [-0.2, -0.15) is 4.98 Å². The molecule has 4 nitrogen and oxygen atoms in total. The van der Waals surface area contributed by atoms with Crippen LogP contribution >= 0.6 is 0 Å². The fourth-order valence-corrected chi connectivity index (χ4v) is 1.38. The molecule has 1 N–H and O–H groups in total. The van der Waals surface area contributed by atoms with E-state index in [9.17, 15) is 0 Å². The Hall–Kier alpha value is -1.29. The summed E-state index contributed by atoms with van der Waals surface area (Å²) in [6.07, 6.45) is 3.56. The Kier molecular flexibility index (Phi) is 4.75. The Bertz CT molecular complexity index is 352. The van der Waals surface area contributed by atoms with E-state index in [-0.39, 0.29) is 5.54 Å². The molecule has 0 aliphatic carbocycles. The molecule has 0 unspecified atom stereocenters. The van der Waals surface area contributed by atoms with Gasteiger partial charge in [0.05, 0.1) is 5.69 Å². The van der Waals surface area contributed by atoms with Crippen molar-refractivity contribution in [3.05, 3.63) is 24.6 Å². The highest BCUT2D eigenvalue weighted by molar-refractivity contribution is 5.27. The van der Waals surface area contributed by atoms with E-state index in [2.05, 4.69) is 44.6 Å². The van der Waals surface area contributed by atoms with Crippen molar-refractivity contribution in [3.8, 4) is 0 Å². The fourth-order valence-electron chi connectivity index (χ4n) is 1.38. The van der Waals surface area contributed by atoms with Crippen LogP contribution < -0.4 is 10.2 Å². The third kappa shape index (κ3) is 4.61. The normalized spacial score (nSPS) is 11.5. The standard InChI is InChI=1S/C13H23N3O/c1-6-8-16(7-2)12-15-11(10-17-12)9-14-13(3,4)5/h6,10,14H,1,7-9H2,2-5H3. The first-order valence-corrected chi connectivity index (χ1v) is 6.01. The number of anilines is 1. The van der Waals surface area contributed by atoms with Crippen molar-refractivity contribution in [2.75, 3.05) is 18.0 Å². The first-order chi connectivity index (χ1) is 7.96. The highest BCUT2D eigenvalue weighted by atomic mass is 16.4. The van der Waals surface area contributed by atoms with E-state index >= 15 is 0 Å². The second kappa shape index (κ2) is 5.87. The Morgan fingerprint density at radius 3 is 2.76 bits per heavy atom. The van der Waals surface area contributed by atoms with E-state index in [0.717, 1.165) is 25.3 Å². The summed E-state index contributed by atoms with van der Waals surface area (Å²) in [6, 6.07) is 0.665. The number of rotatable bonds is 6. The molecule has 0 fully saturated rings. The molecule has 0 aromatic carbocycles. The smallest absolute Gasteiger partial charge is 0.297 e. The number of nitrogens with zero attached hydrogens (tertiary/aromatic N) is 2. The molecule has 0 aliphatic rings. The van der Waals surface area contributed by atoms with Gasteiger partial charge in [-0.15, -0.1) is 6.58 Å². The van der Waals surface area contributed by atoms with Gasteiger partial charge in [-0.3, -0.25) is 0 Å². The number of hydrogen-bond donors (Lipinski definition) is 1. The molecular formula is C13H23N3O. The molecular weight excluding hydrogens is 214 g/mol. The summed E-state index contributed by atoms with van der Waals surface area (Å²) in [5.74, 6) is 0. The summed E-state index contributed by atoms with van der Waals surface area (Å²) in [5, 5.41) is 3.38. The largest absolute Gasteiger partial charge is 0.432 e. The molecule has 0 amide bonds. The Balaban J connectivity index is 2.60. The third-order valence-corrected chi connectivity index (χ3v) is 2.34. The lowest BCUT2D eigenvalue weighted by Gasteiger charge is -2.19. The van der Waals surface area contributed by atoms with Gasteiger partial charge in [-0.1, -0.05) is 6.08 Å². The fraction of sp³-hybridized carbons (Fsp3) is 0.615. The molecule has 0 radical (unpaired) electrons. The van der Waals surface area contributed by atoms with Gasteiger partial charge in [0.15, 0.2) is 0 Å². The van der Waals surface area contributed by atoms with Crippen LogP contribution in [0.1, 0.15) is 33.4 Å². The Morgan fingerprint density at radius 1 is 1.53 bits per heavy atom. The summed E-state index contributed by atoms with van der Waals surface area (Å²) in [6.45, 7) is 14.5. The van der Waals surface area contributed by atoms with Gasteiger partial charge >= 0.3 is 0 Å². The molecule has 1 rings (SSSR count). The number of oxazole rings is 1. The van der Waals surface area contributed by atoms with E-state index in [1.165, 1.54) is 0 Å². The van der Waals surface area contributed by atoms with Gasteiger partial charge in [0.1, 0.15) is 6.26 Å². The SMILES string of the molecule is C=CCN(CC)c1nc(CNC(C)(C)C)co1. The first kappa shape index (κ1) is 13.8. The van der Waals surface area contributed by atoms with Crippen LogP contribution in [0.5, 0.6) is 0 Å². The van der Waals surface area contributed by atoms with E-state index < -0.39 is 0 Å². The molecule has 0 spiro atoms. The Labute approximate surface area is 104 Å². The maximum Gasteiger partial charge on any atom is 0.297 e. The lowest BCUT2D eigenvalue weighted by molar-refractivity contribution is 0.421. The van der Waals surface area contributed by atoms with Crippen molar-refractivity contribution in [2.24, 2.45) is 0 Å².